The quantitative estimate of drug-likeness (QED) is 0.172. The van der Waals surface area contributed by atoms with Gasteiger partial charge in [0, 0.05) is 36.7 Å². The maximum Gasteiger partial charge on any atom is 0.404 e. The van der Waals surface area contributed by atoms with Crippen LogP contribution in [0.3, 0.4) is 0 Å². The van der Waals surface area contributed by atoms with Crippen LogP contribution in [-0.2, 0) is 23.4 Å². The van der Waals surface area contributed by atoms with E-state index in [9.17, 15) is 14.7 Å². The summed E-state index contributed by atoms with van der Waals surface area (Å²) in [5, 5.41) is 29.6. The molecule has 12 heteroatoms. The first-order valence-corrected chi connectivity index (χ1v) is 15.1. The minimum atomic E-state index is -1.52. The fourth-order valence-corrected chi connectivity index (χ4v) is 6.13. The molecule has 3 aromatic carbocycles. The number of benzene rings is 3. The molecule has 11 nitrogen and oxygen atoms in total. The van der Waals surface area contributed by atoms with Crippen LogP contribution in [0.2, 0.25) is 0 Å². The van der Waals surface area contributed by atoms with Gasteiger partial charge in [0.15, 0.2) is 5.82 Å². The molecule has 2 heterocycles. The topological polar surface area (TPSA) is 159 Å². The first kappa shape index (κ1) is 31.7. The highest BCUT2D eigenvalue weighted by Gasteiger charge is 2.43. The molecule has 0 aliphatic carbocycles. The number of primary amides is 1. The molecular formula is C33H38FN7O4. The Morgan fingerprint density at radius 3 is 2.69 bits per heavy atom. The lowest BCUT2D eigenvalue weighted by atomic mass is 9.72. The summed E-state index contributed by atoms with van der Waals surface area (Å²) < 4.78 is 20.5. The lowest BCUT2D eigenvalue weighted by Gasteiger charge is -2.43. The van der Waals surface area contributed by atoms with Gasteiger partial charge in [-0.1, -0.05) is 59.3 Å². The third kappa shape index (κ3) is 7.70. The van der Waals surface area contributed by atoms with Crippen LogP contribution in [0.25, 0.3) is 11.1 Å². The molecule has 1 aliphatic rings. The monoisotopic (exact) mass is 615 g/mol. The number of likely N-dealkylation sites (tertiary alicyclic amines) is 1. The zero-order valence-corrected chi connectivity index (χ0v) is 25.2. The number of carbonyl (C=O) groups is 2. The van der Waals surface area contributed by atoms with E-state index in [-0.39, 0.29) is 25.5 Å². The van der Waals surface area contributed by atoms with Crippen LogP contribution in [0.5, 0.6) is 0 Å². The largest absolute Gasteiger partial charge is 0.450 e. The number of aryl methyl sites for hydroxylation is 1. The van der Waals surface area contributed by atoms with Crippen molar-refractivity contribution in [3.63, 3.8) is 0 Å². The number of nitrogens with one attached hydrogen (secondary N) is 2. The van der Waals surface area contributed by atoms with Gasteiger partial charge in [0.05, 0.1) is 18.8 Å². The molecule has 2 atom stereocenters. The highest BCUT2D eigenvalue weighted by atomic mass is 19.1. The van der Waals surface area contributed by atoms with E-state index >= 15 is 4.39 Å². The Morgan fingerprint density at radius 1 is 1.16 bits per heavy atom. The van der Waals surface area contributed by atoms with Crippen molar-refractivity contribution >= 4 is 12.0 Å². The average molecular weight is 616 g/mol. The Kier molecular flexibility index (Phi) is 10.2. The fourth-order valence-electron chi connectivity index (χ4n) is 6.13. The van der Waals surface area contributed by atoms with Gasteiger partial charge in [-0.15, -0.1) is 10.2 Å². The molecule has 1 fully saturated rings. The smallest absolute Gasteiger partial charge is 0.404 e. The standard InChI is InChI=1S/C33H38FN7O4/c1-22-6-2-7-25(18-22)30-27(9-3-10-28(30)34)33(44,15-5-17-45-32(35)43)26-8-4-16-41(21-26)31(42)24-13-11-23(12-14-24)19-36-20-29-37-39-40-38-29/h2-3,6-7,9-14,18,26,36,44H,4-5,8,15-17,19-21H2,1H3,(H2,35,43)(H,37,38,39,40)/t26-,33+/m1/s1. The molecule has 0 bridgehead atoms. The highest BCUT2D eigenvalue weighted by Crippen LogP contribution is 2.44. The zero-order chi connectivity index (χ0) is 31.8. The van der Waals surface area contributed by atoms with Gasteiger partial charge in [0.25, 0.3) is 5.91 Å². The minimum Gasteiger partial charge on any atom is -0.450 e. The summed E-state index contributed by atoms with van der Waals surface area (Å²) in [7, 11) is 0. The molecule has 2 amide bonds. The van der Waals surface area contributed by atoms with E-state index in [4.69, 9.17) is 10.5 Å². The normalized spacial score (nSPS) is 16.2. The molecule has 1 aliphatic heterocycles. The van der Waals surface area contributed by atoms with Crippen molar-refractivity contribution in [2.24, 2.45) is 11.7 Å². The molecule has 45 heavy (non-hydrogen) atoms. The maximum atomic E-state index is 15.6. The van der Waals surface area contributed by atoms with E-state index < -0.39 is 23.4 Å². The number of ether oxygens (including phenoxy) is 1. The predicted molar refractivity (Wildman–Crippen MR) is 165 cm³/mol. The van der Waals surface area contributed by atoms with Crippen LogP contribution in [0.4, 0.5) is 9.18 Å². The lowest BCUT2D eigenvalue weighted by molar-refractivity contribution is -0.0589. The number of nitrogens with zero attached hydrogens (tertiary/aromatic N) is 4. The minimum absolute atomic E-state index is 0.0123. The summed E-state index contributed by atoms with van der Waals surface area (Å²) in [5.41, 5.74) is 7.57. The van der Waals surface area contributed by atoms with Gasteiger partial charge in [0.2, 0.25) is 0 Å². The molecule has 0 unspecified atom stereocenters. The predicted octanol–water partition coefficient (Wildman–Crippen LogP) is 4.22. The number of hydrogen-bond donors (Lipinski definition) is 4. The van der Waals surface area contributed by atoms with Gasteiger partial charge in [-0.25, -0.2) is 9.18 Å². The van der Waals surface area contributed by atoms with Crippen LogP contribution in [-0.4, -0.2) is 62.3 Å². The van der Waals surface area contributed by atoms with Gasteiger partial charge >= 0.3 is 6.09 Å². The molecular weight excluding hydrogens is 577 g/mol. The summed E-state index contributed by atoms with van der Waals surface area (Å²) in [5.74, 6) is -0.419. The number of carbonyl (C=O) groups excluding carboxylic acids is 2. The number of rotatable bonds is 12. The van der Waals surface area contributed by atoms with Crippen LogP contribution >= 0.6 is 0 Å². The lowest BCUT2D eigenvalue weighted by Crippen LogP contribution is -2.48. The first-order valence-electron chi connectivity index (χ1n) is 15.1. The van der Waals surface area contributed by atoms with E-state index in [1.807, 2.05) is 43.3 Å². The molecule has 5 rings (SSSR count). The van der Waals surface area contributed by atoms with Crippen molar-refractivity contribution in [2.75, 3.05) is 19.7 Å². The number of nitrogens with two attached hydrogens (primary N) is 1. The maximum absolute atomic E-state index is 15.6. The molecule has 4 aromatic rings. The molecule has 1 saturated heterocycles. The van der Waals surface area contributed by atoms with Crippen molar-refractivity contribution in [2.45, 2.75) is 51.3 Å². The van der Waals surface area contributed by atoms with Crippen molar-refractivity contribution in [3.8, 4) is 11.1 Å². The van der Waals surface area contributed by atoms with Crippen LogP contribution in [0.1, 0.15) is 58.6 Å². The average Bonchev–Trinajstić information content (AvgIpc) is 3.56. The van der Waals surface area contributed by atoms with Gasteiger partial charge < -0.3 is 25.8 Å². The van der Waals surface area contributed by atoms with Gasteiger partial charge in [-0.3, -0.25) is 4.79 Å². The Labute approximate surface area is 261 Å². The number of aromatic amines is 1. The molecule has 1 aromatic heterocycles. The molecule has 0 radical (unpaired) electrons. The number of hydrogen-bond acceptors (Lipinski definition) is 8. The fraction of sp³-hybridized carbons (Fsp3) is 0.364. The van der Waals surface area contributed by atoms with E-state index in [0.717, 1.165) is 11.1 Å². The SMILES string of the molecule is Cc1cccc(-c2c(F)cccc2[C@](O)(CCCOC(N)=O)[C@@H]2CCCN(C(=O)c3ccc(CNCc4nn[nH]n4)cc3)C2)c1. The summed E-state index contributed by atoms with van der Waals surface area (Å²) in [6, 6.07) is 19.6. The third-order valence-electron chi connectivity index (χ3n) is 8.32. The third-order valence-corrected chi connectivity index (χ3v) is 8.32. The summed E-state index contributed by atoms with van der Waals surface area (Å²) in [6.07, 6.45) is 0.888. The zero-order valence-electron chi connectivity index (χ0n) is 25.2. The Balaban J connectivity index is 1.37. The molecule has 236 valence electrons. The molecule has 0 saturated carbocycles. The number of piperidine rings is 1. The molecule has 0 spiro atoms. The number of aliphatic hydroxyl groups is 1. The highest BCUT2D eigenvalue weighted by molar-refractivity contribution is 5.94. The number of tetrazole rings is 1. The molecule has 5 N–H and O–H groups in total. The summed E-state index contributed by atoms with van der Waals surface area (Å²) >= 11 is 0. The van der Waals surface area contributed by atoms with Crippen molar-refractivity contribution in [1.82, 2.24) is 30.8 Å². The number of amides is 2. The van der Waals surface area contributed by atoms with Crippen molar-refractivity contribution in [1.29, 1.82) is 0 Å². The van der Waals surface area contributed by atoms with Gasteiger partial charge in [0.1, 0.15) is 5.82 Å². The summed E-state index contributed by atoms with van der Waals surface area (Å²) in [4.78, 5) is 26.7. The van der Waals surface area contributed by atoms with E-state index in [1.54, 1.807) is 29.2 Å². The van der Waals surface area contributed by atoms with Crippen molar-refractivity contribution < 1.29 is 23.8 Å². The van der Waals surface area contributed by atoms with Crippen LogP contribution in [0, 0.1) is 18.7 Å². The van der Waals surface area contributed by atoms with Gasteiger partial charge in [-0.2, -0.15) is 5.21 Å². The second-order valence-electron chi connectivity index (χ2n) is 11.4. The number of halogens is 1. The summed E-state index contributed by atoms with van der Waals surface area (Å²) in [6.45, 7) is 3.79. The van der Waals surface area contributed by atoms with Crippen molar-refractivity contribution in [3.05, 3.63) is 101 Å². The van der Waals surface area contributed by atoms with E-state index in [0.29, 0.717) is 67.0 Å². The van der Waals surface area contributed by atoms with Crippen LogP contribution in [0.15, 0.2) is 66.7 Å². The Bertz CT molecular complexity index is 1600. The van der Waals surface area contributed by atoms with Gasteiger partial charge in [-0.05, 0) is 67.5 Å². The first-order chi connectivity index (χ1) is 21.7. The van der Waals surface area contributed by atoms with E-state index in [1.165, 1.54) is 6.07 Å². The second-order valence-corrected chi connectivity index (χ2v) is 11.4. The number of H-pyrrole nitrogens is 1. The Morgan fingerprint density at radius 2 is 1.96 bits per heavy atom. The van der Waals surface area contributed by atoms with E-state index in [2.05, 4.69) is 25.9 Å². The Hall–Kier alpha value is -4.68. The van der Waals surface area contributed by atoms with Crippen LogP contribution < -0.4 is 11.1 Å². The second kappa shape index (κ2) is 14.4. The number of aromatic nitrogens is 4.